The van der Waals surface area contributed by atoms with E-state index in [1.165, 1.54) is 24.4 Å². The van der Waals surface area contributed by atoms with Crippen molar-refractivity contribution < 1.29 is 15.0 Å². The summed E-state index contributed by atoms with van der Waals surface area (Å²) < 4.78 is 0.368. The SMILES string of the molecule is O=[N+]([O-])c1cccnc1N/N=C\c1cc(Br)cc([N+](=O)[O-])c1O. The lowest BCUT2D eigenvalue weighted by atomic mass is 10.2. The van der Waals surface area contributed by atoms with E-state index in [1.807, 2.05) is 0 Å². The molecule has 0 saturated carbocycles. The molecule has 0 fully saturated rings. The molecule has 0 aliphatic carbocycles. The molecule has 0 radical (unpaired) electrons. The minimum Gasteiger partial charge on any atom is -0.502 e. The highest BCUT2D eigenvalue weighted by Crippen LogP contribution is 2.32. The van der Waals surface area contributed by atoms with E-state index in [0.717, 1.165) is 12.3 Å². The van der Waals surface area contributed by atoms with Crippen molar-refractivity contribution in [3.8, 4) is 5.75 Å². The van der Waals surface area contributed by atoms with Crippen molar-refractivity contribution in [2.45, 2.75) is 0 Å². The highest BCUT2D eigenvalue weighted by Gasteiger charge is 2.18. The zero-order valence-corrected chi connectivity index (χ0v) is 12.8. The van der Waals surface area contributed by atoms with E-state index in [2.05, 4.69) is 31.4 Å². The smallest absolute Gasteiger partial charge is 0.313 e. The van der Waals surface area contributed by atoms with E-state index < -0.39 is 21.3 Å². The van der Waals surface area contributed by atoms with Crippen molar-refractivity contribution in [3.63, 3.8) is 0 Å². The van der Waals surface area contributed by atoms with Gasteiger partial charge in [-0.3, -0.25) is 25.7 Å². The van der Waals surface area contributed by atoms with Crippen molar-refractivity contribution in [2.24, 2.45) is 5.10 Å². The molecule has 11 heteroatoms. The number of nitrogens with zero attached hydrogens (tertiary/aromatic N) is 4. The fourth-order valence-corrected chi connectivity index (χ4v) is 2.10. The predicted octanol–water partition coefficient (Wildman–Crippen LogP) is 2.81. The van der Waals surface area contributed by atoms with Crippen molar-refractivity contribution in [1.29, 1.82) is 0 Å². The number of hydrogen-bond acceptors (Lipinski definition) is 8. The quantitative estimate of drug-likeness (QED) is 0.460. The van der Waals surface area contributed by atoms with Crippen molar-refractivity contribution in [3.05, 3.63) is 60.7 Å². The van der Waals surface area contributed by atoms with Crippen LogP contribution in [0.4, 0.5) is 17.2 Å². The summed E-state index contributed by atoms with van der Waals surface area (Å²) in [5, 5.41) is 35.2. The number of rotatable bonds is 5. The third-order valence-electron chi connectivity index (χ3n) is 2.64. The predicted molar refractivity (Wildman–Crippen MR) is 84.6 cm³/mol. The Labute approximate surface area is 136 Å². The summed E-state index contributed by atoms with van der Waals surface area (Å²) in [5.41, 5.74) is 1.63. The maximum absolute atomic E-state index is 10.8. The maximum Gasteiger partial charge on any atom is 0.313 e. The van der Waals surface area contributed by atoms with Gasteiger partial charge in [0.2, 0.25) is 11.6 Å². The summed E-state index contributed by atoms with van der Waals surface area (Å²) in [6.45, 7) is 0. The number of anilines is 1. The number of phenols is 1. The number of phenolic OH excluding ortho intramolecular Hbond substituents is 1. The molecule has 0 amide bonds. The van der Waals surface area contributed by atoms with Gasteiger partial charge in [0.25, 0.3) is 0 Å². The largest absolute Gasteiger partial charge is 0.502 e. The Bertz CT molecular complexity index is 810. The van der Waals surface area contributed by atoms with Gasteiger partial charge in [0.1, 0.15) is 0 Å². The van der Waals surface area contributed by atoms with Gasteiger partial charge >= 0.3 is 11.4 Å². The fraction of sp³-hybridized carbons (Fsp3) is 0. The fourth-order valence-electron chi connectivity index (χ4n) is 1.64. The number of pyridine rings is 1. The lowest BCUT2D eigenvalue weighted by Gasteiger charge is -2.02. The molecule has 2 rings (SSSR count). The van der Waals surface area contributed by atoms with Crippen LogP contribution in [0.1, 0.15) is 5.56 Å². The highest BCUT2D eigenvalue weighted by atomic mass is 79.9. The molecule has 118 valence electrons. The Hall–Kier alpha value is -3.08. The van der Waals surface area contributed by atoms with Gasteiger partial charge in [-0.1, -0.05) is 15.9 Å². The Kier molecular flexibility index (Phi) is 4.81. The van der Waals surface area contributed by atoms with E-state index in [4.69, 9.17) is 0 Å². The summed E-state index contributed by atoms with van der Waals surface area (Å²) in [4.78, 5) is 24.0. The van der Waals surface area contributed by atoms with E-state index in [0.29, 0.717) is 4.47 Å². The van der Waals surface area contributed by atoms with Crippen LogP contribution in [0.15, 0.2) is 40.0 Å². The first-order valence-electron chi connectivity index (χ1n) is 5.95. The average Bonchev–Trinajstić information content (AvgIpc) is 2.50. The van der Waals surface area contributed by atoms with Gasteiger partial charge in [-0.25, -0.2) is 4.98 Å². The molecule has 0 aliphatic rings. The van der Waals surface area contributed by atoms with Gasteiger partial charge in [0, 0.05) is 28.4 Å². The van der Waals surface area contributed by atoms with Gasteiger partial charge in [-0.15, -0.1) is 0 Å². The molecular weight excluding hydrogens is 374 g/mol. The zero-order chi connectivity index (χ0) is 17.0. The van der Waals surface area contributed by atoms with Crippen LogP contribution >= 0.6 is 15.9 Å². The summed E-state index contributed by atoms with van der Waals surface area (Å²) in [6.07, 6.45) is 2.43. The van der Waals surface area contributed by atoms with Crippen molar-refractivity contribution in [2.75, 3.05) is 5.43 Å². The number of hydrogen-bond donors (Lipinski definition) is 2. The van der Waals surface area contributed by atoms with Crippen LogP contribution in [-0.4, -0.2) is 26.2 Å². The Morgan fingerprint density at radius 3 is 2.61 bits per heavy atom. The molecule has 2 N–H and O–H groups in total. The number of halogens is 1. The van der Waals surface area contributed by atoms with E-state index >= 15 is 0 Å². The first-order chi connectivity index (χ1) is 10.9. The van der Waals surface area contributed by atoms with Crippen LogP contribution in [0.25, 0.3) is 0 Å². The summed E-state index contributed by atoms with van der Waals surface area (Å²) >= 11 is 3.08. The van der Waals surface area contributed by atoms with Gasteiger partial charge in [0.05, 0.1) is 16.1 Å². The standard InChI is InChI=1S/C12H8BrN5O5/c13-8-4-7(11(19)10(5-8)18(22)23)6-15-16-12-9(17(20)21)2-1-3-14-12/h1-6,19H,(H,14,16)/b15-6-. The van der Waals surface area contributed by atoms with Crippen LogP contribution in [0.5, 0.6) is 5.75 Å². The summed E-state index contributed by atoms with van der Waals surface area (Å²) in [7, 11) is 0. The van der Waals surface area contributed by atoms with E-state index in [1.54, 1.807) is 0 Å². The number of nitrogens with one attached hydrogen (secondary N) is 1. The molecular formula is C12H8BrN5O5. The number of aromatic nitrogens is 1. The first kappa shape index (κ1) is 16.3. The second-order valence-electron chi connectivity index (χ2n) is 4.12. The molecule has 1 aromatic carbocycles. The molecule has 0 spiro atoms. The minimum absolute atomic E-state index is 0.0529. The summed E-state index contributed by atoms with van der Waals surface area (Å²) in [6, 6.07) is 5.19. The molecule has 1 heterocycles. The third kappa shape index (κ3) is 3.77. The zero-order valence-electron chi connectivity index (χ0n) is 11.2. The molecule has 0 saturated heterocycles. The topological polar surface area (TPSA) is 144 Å². The number of benzene rings is 1. The number of nitro benzene ring substituents is 1. The Morgan fingerprint density at radius 2 is 1.96 bits per heavy atom. The van der Waals surface area contributed by atoms with Crippen LogP contribution in [0.2, 0.25) is 0 Å². The second-order valence-corrected chi connectivity index (χ2v) is 5.03. The van der Waals surface area contributed by atoms with Gasteiger partial charge in [-0.05, 0) is 12.1 Å². The lowest BCUT2D eigenvalue weighted by Crippen LogP contribution is -1.99. The van der Waals surface area contributed by atoms with Crippen molar-refractivity contribution in [1.82, 2.24) is 4.98 Å². The van der Waals surface area contributed by atoms with E-state index in [9.17, 15) is 25.3 Å². The third-order valence-corrected chi connectivity index (χ3v) is 3.10. The van der Waals surface area contributed by atoms with Gasteiger partial charge in [-0.2, -0.15) is 5.10 Å². The molecule has 0 unspecified atom stereocenters. The van der Waals surface area contributed by atoms with Crippen LogP contribution in [-0.2, 0) is 0 Å². The monoisotopic (exact) mass is 381 g/mol. The molecule has 2 aromatic rings. The Morgan fingerprint density at radius 1 is 1.26 bits per heavy atom. The highest BCUT2D eigenvalue weighted by molar-refractivity contribution is 9.10. The molecule has 10 nitrogen and oxygen atoms in total. The summed E-state index contributed by atoms with van der Waals surface area (Å²) in [5.74, 6) is -0.669. The van der Waals surface area contributed by atoms with Crippen LogP contribution < -0.4 is 5.43 Å². The number of aromatic hydroxyl groups is 1. The molecule has 23 heavy (non-hydrogen) atoms. The van der Waals surface area contributed by atoms with Crippen LogP contribution in [0, 0.1) is 20.2 Å². The van der Waals surface area contributed by atoms with Gasteiger partial charge < -0.3 is 5.11 Å². The second kappa shape index (κ2) is 6.79. The molecule has 0 atom stereocenters. The van der Waals surface area contributed by atoms with Crippen molar-refractivity contribution >= 4 is 39.3 Å². The lowest BCUT2D eigenvalue weighted by molar-refractivity contribution is -0.386. The average molecular weight is 382 g/mol. The van der Waals surface area contributed by atoms with Gasteiger partial charge in [0.15, 0.2) is 0 Å². The molecule has 0 aliphatic heterocycles. The van der Waals surface area contributed by atoms with E-state index in [-0.39, 0.29) is 17.1 Å². The molecule has 0 bridgehead atoms. The minimum atomic E-state index is -0.742. The normalized spacial score (nSPS) is 10.7. The Balaban J connectivity index is 2.29. The first-order valence-corrected chi connectivity index (χ1v) is 6.75. The number of hydrazone groups is 1. The van der Waals surface area contributed by atoms with Crippen LogP contribution in [0.3, 0.4) is 0 Å². The number of nitro groups is 2. The molecule has 1 aromatic heterocycles. The maximum atomic E-state index is 10.8.